The summed E-state index contributed by atoms with van der Waals surface area (Å²) in [6.45, 7) is 1.98. The van der Waals surface area contributed by atoms with E-state index in [2.05, 4.69) is 28.5 Å². The molecule has 4 aromatic rings. The van der Waals surface area contributed by atoms with Crippen LogP contribution in [0.2, 0.25) is 0 Å². The number of rotatable bonds is 6. The maximum Gasteiger partial charge on any atom is 0.184 e. The Morgan fingerprint density at radius 1 is 0.963 bits per heavy atom. The number of para-hydroxylation sites is 1. The van der Waals surface area contributed by atoms with Gasteiger partial charge in [0.1, 0.15) is 0 Å². The van der Waals surface area contributed by atoms with Gasteiger partial charge in [-0.05, 0) is 30.2 Å². The van der Waals surface area contributed by atoms with Gasteiger partial charge in [0.05, 0.1) is 16.3 Å². The number of anilines is 1. The lowest BCUT2D eigenvalue weighted by molar-refractivity contribution is 0.0976. The number of fused-ring (bicyclic) bond motifs is 1. The average molecular weight is 372 g/mol. The first-order chi connectivity index (χ1) is 13.2. The Bertz CT molecular complexity index is 1040. The van der Waals surface area contributed by atoms with Crippen LogP contribution in [0.15, 0.2) is 78.9 Å². The van der Waals surface area contributed by atoms with Crippen LogP contribution in [0.1, 0.15) is 33.9 Å². The van der Waals surface area contributed by atoms with E-state index in [1.165, 1.54) is 0 Å². The first-order valence-electron chi connectivity index (χ1n) is 8.96. The largest absolute Gasteiger partial charge is 0.354 e. The first-order valence-corrected chi connectivity index (χ1v) is 9.78. The second-order valence-electron chi connectivity index (χ2n) is 6.54. The third kappa shape index (κ3) is 3.91. The van der Waals surface area contributed by atoms with Crippen molar-refractivity contribution in [1.29, 1.82) is 0 Å². The minimum Gasteiger partial charge on any atom is -0.354 e. The first kappa shape index (κ1) is 17.4. The SMILES string of the molecule is Cc1ccccc1C(=O)C[C@@H](Nc1nc2ccccc2s1)c1ccccc1. The summed E-state index contributed by atoms with van der Waals surface area (Å²) >= 11 is 1.61. The van der Waals surface area contributed by atoms with Crippen LogP contribution in [0.4, 0.5) is 5.13 Å². The molecule has 1 heterocycles. The molecular weight excluding hydrogens is 352 g/mol. The topological polar surface area (TPSA) is 42.0 Å². The maximum atomic E-state index is 13.0. The number of benzene rings is 3. The molecule has 27 heavy (non-hydrogen) atoms. The van der Waals surface area contributed by atoms with Gasteiger partial charge in [-0.2, -0.15) is 0 Å². The van der Waals surface area contributed by atoms with Crippen molar-refractivity contribution in [2.45, 2.75) is 19.4 Å². The van der Waals surface area contributed by atoms with Crippen molar-refractivity contribution in [2.75, 3.05) is 5.32 Å². The van der Waals surface area contributed by atoms with E-state index in [9.17, 15) is 4.79 Å². The number of aryl methyl sites for hydroxylation is 1. The predicted octanol–water partition coefficient (Wildman–Crippen LogP) is 6.03. The van der Waals surface area contributed by atoms with Crippen molar-refractivity contribution < 1.29 is 4.79 Å². The molecule has 1 atom stereocenters. The summed E-state index contributed by atoms with van der Waals surface area (Å²) in [5.41, 5.74) is 3.85. The Hall–Kier alpha value is -2.98. The standard InChI is InChI=1S/C23H20N2OS/c1-16-9-5-6-12-18(16)21(26)15-20(17-10-3-2-4-11-17)25-23-24-19-13-7-8-14-22(19)27-23/h2-14,20H,15H2,1H3,(H,24,25)/t20-/m1/s1. The second-order valence-corrected chi connectivity index (χ2v) is 7.57. The lowest BCUT2D eigenvalue weighted by Crippen LogP contribution is -2.16. The van der Waals surface area contributed by atoms with Gasteiger partial charge < -0.3 is 5.32 Å². The van der Waals surface area contributed by atoms with E-state index in [1.807, 2.05) is 67.6 Å². The van der Waals surface area contributed by atoms with E-state index >= 15 is 0 Å². The zero-order chi connectivity index (χ0) is 18.6. The summed E-state index contributed by atoms with van der Waals surface area (Å²) in [4.78, 5) is 17.6. The van der Waals surface area contributed by atoms with E-state index < -0.39 is 0 Å². The highest BCUT2D eigenvalue weighted by Gasteiger charge is 2.19. The number of nitrogens with one attached hydrogen (secondary N) is 1. The summed E-state index contributed by atoms with van der Waals surface area (Å²) < 4.78 is 1.14. The van der Waals surface area contributed by atoms with Crippen molar-refractivity contribution in [2.24, 2.45) is 0 Å². The zero-order valence-electron chi connectivity index (χ0n) is 15.1. The predicted molar refractivity (Wildman–Crippen MR) is 113 cm³/mol. The van der Waals surface area contributed by atoms with Crippen molar-refractivity contribution in [1.82, 2.24) is 4.98 Å². The molecule has 0 spiro atoms. The molecule has 0 fully saturated rings. The number of aromatic nitrogens is 1. The molecule has 0 aliphatic heterocycles. The van der Waals surface area contributed by atoms with Crippen LogP contribution in [0.25, 0.3) is 10.2 Å². The Kier molecular flexibility index (Phi) is 4.99. The highest BCUT2D eigenvalue weighted by atomic mass is 32.1. The molecule has 0 saturated heterocycles. The van der Waals surface area contributed by atoms with Crippen molar-refractivity contribution in [3.63, 3.8) is 0 Å². The molecule has 0 amide bonds. The van der Waals surface area contributed by atoms with Crippen molar-refractivity contribution >= 4 is 32.5 Å². The number of carbonyl (C=O) groups is 1. The fourth-order valence-electron chi connectivity index (χ4n) is 3.20. The molecular formula is C23H20N2OS. The number of hydrogen-bond donors (Lipinski definition) is 1. The molecule has 3 aromatic carbocycles. The molecule has 1 aromatic heterocycles. The maximum absolute atomic E-state index is 13.0. The minimum absolute atomic E-state index is 0.126. The van der Waals surface area contributed by atoms with Gasteiger partial charge in [0, 0.05) is 12.0 Å². The van der Waals surface area contributed by atoms with Crippen LogP contribution < -0.4 is 5.32 Å². The van der Waals surface area contributed by atoms with Crippen LogP contribution in [0.5, 0.6) is 0 Å². The molecule has 4 heteroatoms. The van der Waals surface area contributed by atoms with Gasteiger partial charge in [0.2, 0.25) is 0 Å². The number of Topliss-reactive ketones (excluding diaryl/α,β-unsaturated/α-hetero) is 1. The average Bonchev–Trinajstić information content (AvgIpc) is 3.11. The third-order valence-electron chi connectivity index (χ3n) is 4.63. The third-order valence-corrected chi connectivity index (χ3v) is 5.60. The minimum atomic E-state index is -0.126. The van der Waals surface area contributed by atoms with Crippen LogP contribution >= 0.6 is 11.3 Å². The Morgan fingerprint density at radius 2 is 1.67 bits per heavy atom. The Balaban J connectivity index is 1.63. The smallest absolute Gasteiger partial charge is 0.184 e. The molecule has 0 aliphatic rings. The second kappa shape index (κ2) is 7.72. The molecule has 0 aliphatic carbocycles. The molecule has 4 rings (SSSR count). The fourth-order valence-corrected chi connectivity index (χ4v) is 4.12. The van der Waals surface area contributed by atoms with Gasteiger partial charge in [-0.1, -0.05) is 78.1 Å². The van der Waals surface area contributed by atoms with Gasteiger partial charge in [-0.15, -0.1) is 0 Å². The summed E-state index contributed by atoms with van der Waals surface area (Å²) in [7, 11) is 0. The van der Waals surface area contributed by atoms with Crippen LogP contribution in [0.3, 0.4) is 0 Å². The quantitative estimate of drug-likeness (QED) is 0.420. The molecule has 3 nitrogen and oxygen atoms in total. The molecule has 134 valence electrons. The summed E-state index contributed by atoms with van der Waals surface area (Å²) in [6, 6.07) is 25.8. The molecule has 0 radical (unpaired) electrons. The highest BCUT2D eigenvalue weighted by Crippen LogP contribution is 2.30. The van der Waals surface area contributed by atoms with Crippen LogP contribution in [-0.2, 0) is 0 Å². The van der Waals surface area contributed by atoms with E-state index in [1.54, 1.807) is 11.3 Å². The van der Waals surface area contributed by atoms with Crippen LogP contribution in [0, 0.1) is 6.92 Å². The Labute approximate surface area is 162 Å². The highest BCUT2D eigenvalue weighted by molar-refractivity contribution is 7.22. The monoisotopic (exact) mass is 372 g/mol. The van der Waals surface area contributed by atoms with Gasteiger partial charge in [-0.25, -0.2) is 4.98 Å². The van der Waals surface area contributed by atoms with Crippen LogP contribution in [-0.4, -0.2) is 10.8 Å². The van der Waals surface area contributed by atoms with E-state index in [0.29, 0.717) is 6.42 Å². The van der Waals surface area contributed by atoms with Gasteiger partial charge in [0.15, 0.2) is 10.9 Å². The van der Waals surface area contributed by atoms with Crippen molar-refractivity contribution in [3.05, 3.63) is 95.6 Å². The van der Waals surface area contributed by atoms with Gasteiger partial charge in [0.25, 0.3) is 0 Å². The number of hydrogen-bond acceptors (Lipinski definition) is 4. The molecule has 0 bridgehead atoms. The lowest BCUT2D eigenvalue weighted by Gasteiger charge is -2.18. The summed E-state index contributed by atoms with van der Waals surface area (Å²) in [5.74, 6) is 0.135. The number of carbonyl (C=O) groups excluding carboxylic acids is 1. The molecule has 0 saturated carbocycles. The van der Waals surface area contributed by atoms with E-state index in [-0.39, 0.29) is 11.8 Å². The van der Waals surface area contributed by atoms with Gasteiger partial charge in [-0.3, -0.25) is 4.79 Å². The number of thiazole rings is 1. The van der Waals surface area contributed by atoms with Crippen molar-refractivity contribution in [3.8, 4) is 0 Å². The summed E-state index contributed by atoms with van der Waals surface area (Å²) in [5, 5.41) is 4.33. The molecule has 0 unspecified atom stereocenters. The zero-order valence-corrected chi connectivity index (χ0v) is 15.9. The van der Waals surface area contributed by atoms with E-state index in [4.69, 9.17) is 0 Å². The van der Waals surface area contributed by atoms with E-state index in [0.717, 1.165) is 32.0 Å². The molecule has 1 N–H and O–H groups in total. The normalized spacial score (nSPS) is 12.0. The summed E-state index contributed by atoms with van der Waals surface area (Å²) in [6.07, 6.45) is 0.380. The van der Waals surface area contributed by atoms with Gasteiger partial charge >= 0.3 is 0 Å². The Morgan fingerprint density at radius 3 is 2.44 bits per heavy atom. The number of ketones is 1. The fraction of sp³-hybridized carbons (Fsp3) is 0.130. The number of nitrogens with zero attached hydrogens (tertiary/aromatic N) is 1. The lowest BCUT2D eigenvalue weighted by atomic mass is 9.96.